The molecular formula is C9H13N3OS. The number of hydrogen-bond donors (Lipinski definition) is 1. The van der Waals surface area contributed by atoms with Gasteiger partial charge in [-0.2, -0.15) is 0 Å². The van der Waals surface area contributed by atoms with Gasteiger partial charge in [-0.15, -0.1) is 11.3 Å². The highest BCUT2D eigenvalue weighted by atomic mass is 32.1. The van der Waals surface area contributed by atoms with Crippen molar-refractivity contribution in [2.24, 2.45) is 5.11 Å². The topological polar surface area (TPSA) is 69.0 Å². The van der Waals surface area contributed by atoms with Gasteiger partial charge in [-0.25, -0.2) is 0 Å². The van der Waals surface area contributed by atoms with Gasteiger partial charge in [-0.05, 0) is 24.1 Å². The molecule has 0 bridgehead atoms. The number of azide groups is 1. The van der Waals surface area contributed by atoms with E-state index >= 15 is 0 Å². The fourth-order valence-electron chi connectivity index (χ4n) is 1.20. The van der Waals surface area contributed by atoms with E-state index in [-0.39, 0.29) is 6.61 Å². The lowest BCUT2D eigenvalue weighted by molar-refractivity contribution is 0.269. The molecule has 0 saturated carbocycles. The van der Waals surface area contributed by atoms with Crippen LogP contribution in [0.3, 0.4) is 0 Å². The molecule has 4 nitrogen and oxygen atoms in total. The Morgan fingerprint density at radius 3 is 3.00 bits per heavy atom. The van der Waals surface area contributed by atoms with E-state index in [0.29, 0.717) is 0 Å². The lowest BCUT2D eigenvalue weighted by Crippen LogP contribution is -1.96. The van der Waals surface area contributed by atoms with Gasteiger partial charge in [0.25, 0.3) is 0 Å². The lowest BCUT2D eigenvalue weighted by Gasteiger charge is -2.02. The highest BCUT2D eigenvalue weighted by Crippen LogP contribution is 2.26. The average Bonchev–Trinajstić information content (AvgIpc) is 2.63. The second-order valence-corrected chi connectivity index (χ2v) is 4.16. The Bertz CT molecular complexity index is 331. The Morgan fingerprint density at radius 2 is 2.43 bits per heavy atom. The van der Waals surface area contributed by atoms with Crippen molar-refractivity contribution in [2.45, 2.75) is 25.8 Å². The summed E-state index contributed by atoms with van der Waals surface area (Å²) in [7, 11) is 0. The summed E-state index contributed by atoms with van der Waals surface area (Å²) < 4.78 is 0. The molecule has 14 heavy (non-hydrogen) atoms. The van der Waals surface area contributed by atoms with E-state index in [4.69, 9.17) is 10.6 Å². The number of aliphatic hydroxyl groups is 1. The first-order valence-electron chi connectivity index (χ1n) is 4.55. The number of thiophene rings is 1. The highest BCUT2D eigenvalue weighted by molar-refractivity contribution is 7.12. The van der Waals surface area contributed by atoms with E-state index < -0.39 is 6.04 Å². The maximum atomic E-state index is 8.99. The van der Waals surface area contributed by atoms with Crippen LogP contribution in [0.4, 0.5) is 0 Å². The van der Waals surface area contributed by atoms with E-state index in [1.54, 1.807) is 11.3 Å². The van der Waals surface area contributed by atoms with E-state index in [2.05, 4.69) is 16.9 Å². The third-order valence-electron chi connectivity index (χ3n) is 1.87. The van der Waals surface area contributed by atoms with Crippen LogP contribution >= 0.6 is 11.3 Å². The highest BCUT2D eigenvalue weighted by Gasteiger charge is 2.10. The van der Waals surface area contributed by atoms with Crippen LogP contribution in [0, 0.1) is 0 Å². The van der Waals surface area contributed by atoms with E-state index in [1.165, 1.54) is 4.88 Å². The minimum Gasteiger partial charge on any atom is -0.396 e. The van der Waals surface area contributed by atoms with E-state index in [9.17, 15) is 0 Å². The zero-order valence-corrected chi connectivity index (χ0v) is 8.87. The lowest BCUT2D eigenvalue weighted by atomic mass is 10.2. The maximum Gasteiger partial charge on any atom is 0.0949 e. The molecule has 1 aromatic rings. The summed E-state index contributed by atoms with van der Waals surface area (Å²) in [6, 6.07) is 3.53. The van der Waals surface area contributed by atoms with Crippen LogP contribution < -0.4 is 0 Å². The summed E-state index contributed by atoms with van der Waals surface area (Å²) in [6.45, 7) is 1.99. The van der Waals surface area contributed by atoms with Crippen LogP contribution in [0.2, 0.25) is 0 Å². The molecule has 1 aromatic heterocycles. The Morgan fingerprint density at radius 1 is 1.64 bits per heavy atom. The van der Waals surface area contributed by atoms with Gasteiger partial charge in [0.05, 0.1) is 12.6 Å². The Balaban J connectivity index is 2.77. The quantitative estimate of drug-likeness (QED) is 0.454. The van der Waals surface area contributed by atoms with Gasteiger partial charge in [0.15, 0.2) is 0 Å². The SMILES string of the molecule is CCCc1ccc(C(CO)N=[N+]=[N-])s1. The molecule has 0 aromatic carbocycles. The molecule has 0 amide bonds. The molecule has 76 valence electrons. The second kappa shape index (κ2) is 5.65. The van der Waals surface area contributed by atoms with Gasteiger partial charge >= 0.3 is 0 Å². The van der Waals surface area contributed by atoms with Gasteiger partial charge in [0.2, 0.25) is 0 Å². The summed E-state index contributed by atoms with van der Waals surface area (Å²) in [5.74, 6) is 0. The van der Waals surface area contributed by atoms with Crippen molar-refractivity contribution in [3.63, 3.8) is 0 Å². The zero-order valence-electron chi connectivity index (χ0n) is 8.05. The Hall–Kier alpha value is -1.03. The van der Waals surface area contributed by atoms with Crippen molar-refractivity contribution in [3.8, 4) is 0 Å². The molecule has 1 rings (SSSR count). The molecule has 0 aliphatic carbocycles. The Kier molecular flexibility index (Phi) is 4.46. The molecule has 1 unspecified atom stereocenters. The molecule has 1 atom stereocenters. The Labute approximate surface area is 86.8 Å². The molecule has 0 radical (unpaired) electrons. The monoisotopic (exact) mass is 211 g/mol. The van der Waals surface area contributed by atoms with Gasteiger partial charge < -0.3 is 5.11 Å². The summed E-state index contributed by atoms with van der Waals surface area (Å²) in [6.07, 6.45) is 2.14. The van der Waals surface area contributed by atoms with Crippen molar-refractivity contribution in [1.82, 2.24) is 0 Å². The number of aryl methyl sites for hydroxylation is 1. The van der Waals surface area contributed by atoms with Crippen molar-refractivity contribution >= 4 is 11.3 Å². The summed E-state index contributed by atoms with van der Waals surface area (Å²) in [5, 5.41) is 12.5. The van der Waals surface area contributed by atoms with E-state index in [1.807, 2.05) is 12.1 Å². The van der Waals surface area contributed by atoms with Crippen LogP contribution in [-0.4, -0.2) is 11.7 Å². The predicted octanol–water partition coefficient (Wildman–Crippen LogP) is 3.04. The third kappa shape index (κ3) is 2.73. The van der Waals surface area contributed by atoms with Crippen LogP contribution in [0.15, 0.2) is 17.2 Å². The molecule has 0 saturated heterocycles. The minimum absolute atomic E-state index is 0.129. The molecule has 1 N–H and O–H groups in total. The van der Waals surface area contributed by atoms with Gasteiger partial charge in [0.1, 0.15) is 0 Å². The summed E-state index contributed by atoms with van der Waals surface area (Å²) >= 11 is 1.61. The first-order chi connectivity index (χ1) is 6.81. The fraction of sp³-hybridized carbons (Fsp3) is 0.556. The van der Waals surface area contributed by atoms with Crippen molar-refractivity contribution in [1.29, 1.82) is 0 Å². The number of rotatable bonds is 5. The van der Waals surface area contributed by atoms with Crippen LogP contribution in [-0.2, 0) is 6.42 Å². The van der Waals surface area contributed by atoms with Crippen LogP contribution in [0.5, 0.6) is 0 Å². The third-order valence-corrected chi connectivity index (χ3v) is 3.12. The largest absolute Gasteiger partial charge is 0.396 e. The average molecular weight is 211 g/mol. The van der Waals surface area contributed by atoms with Crippen molar-refractivity contribution < 1.29 is 5.11 Å². The molecule has 0 aliphatic heterocycles. The van der Waals surface area contributed by atoms with Crippen molar-refractivity contribution in [2.75, 3.05) is 6.61 Å². The molecule has 1 heterocycles. The smallest absolute Gasteiger partial charge is 0.0949 e. The summed E-state index contributed by atoms with van der Waals surface area (Å²) in [4.78, 5) is 4.92. The van der Waals surface area contributed by atoms with Crippen LogP contribution in [0.25, 0.3) is 10.4 Å². The van der Waals surface area contributed by atoms with Gasteiger partial charge in [0, 0.05) is 14.7 Å². The molecular weight excluding hydrogens is 198 g/mol. The molecule has 5 heteroatoms. The first-order valence-corrected chi connectivity index (χ1v) is 5.37. The predicted molar refractivity (Wildman–Crippen MR) is 57.3 cm³/mol. The number of aliphatic hydroxyl groups excluding tert-OH is 1. The second-order valence-electron chi connectivity index (χ2n) is 2.96. The fourth-order valence-corrected chi connectivity index (χ4v) is 2.34. The first kappa shape index (κ1) is 11.0. The van der Waals surface area contributed by atoms with E-state index in [0.717, 1.165) is 17.7 Å². The molecule has 0 spiro atoms. The zero-order chi connectivity index (χ0) is 10.4. The molecule has 0 aliphatic rings. The maximum absolute atomic E-state index is 8.99. The summed E-state index contributed by atoms with van der Waals surface area (Å²) in [5.41, 5.74) is 8.29. The van der Waals surface area contributed by atoms with Gasteiger partial charge in [-0.3, -0.25) is 0 Å². The number of hydrogen-bond acceptors (Lipinski definition) is 3. The number of nitrogens with zero attached hydrogens (tertiary/aromatic N) is 3. The standard InChI is InChI=1S/C9H13N3OS/c1-2-3-7-4-5-9(14-7)8(6-13)11-12-10/h4-5,8,13H,2-3,6H2,1H3. The molecule has 0 fully saturated rings. The van der Waals surface area contributed by atoms with Crippen molar-refractivity contribution in [3.05, 3.63) is 32.3 Å². The van der Waals surface area contributed by atoms with Gasteiger partial charge in [-0.1, -0.05) is 18.5 Å². The minimum atomic E-state index is -0.421. The van der Waals surface area contributed by atoms with Crippen LogP contribution in [0.1, 0.15) is 29.1 Å². The normalized spacial score (nSPS) is 12.1.